The zero-order chi connectivity index (χ0) is 12.2. The van der Waals surface area contributed by atoms with E-state index in [0.717, 1.165) is 0 Å². The topological polar surface area (TPSA) is 71.4 Å². The Morgan fingerprint density at radius 2 is 2.31 bits per heavy atom. The van der Waals surface area contributed by atoms with Crippen molar-refractivity contribution in [1.82, 2.24) is 4.90 Å². The minimum atomic E-state index is -0.531. The van der Waals surface area contributed by atoms with E-state index in [2.05, 4.69) is 5.16 Å². The van der Waals surface area contributed by atoms with E-state index in [4.69, 9.17) is 14.7 Å². The molecule has 0 radical (unpaired) electrons. The van der Waals surface area contributed by atoms with Crippen molar-refractivity contribution in [3.63, 3.8) is 0 Å². The molecule has 1 fully saturated rings. The van der Waals surface area contributed by atoms with E-state index in [9.17, 15) is 4.79 Å². The van der Waals surface area contributed by atoms with Gasteiger partial charge >= 0.3 is 6.09 Å². The van der Waals surface area contributed by atoms with Crippen LogP contribution in [0.3, 0.4) is 0 Å². The second kappa shape index (κ2) is 5.16. The lowest BCUT2D eigenvalue weighted by molar-refractivity contribution is -0.0173. The Morgan fingerprint density at radius 1 is 1.62 bits per heavy atom. The van der Waals surface area contributed by atoms with Crippen LogP contribution in [0.4, 0.5) is 4.79 Å². The van der Waals surface area contributed by atoms with Gasteiger partial charge in [0.1, 0.15) is 5.60 Å². The Balaban J connectivity index is 2.64. The SMILES string of the molecule is CC(C)(C)OC(=O)N1CCOCC1C=NO. The van der Waals surface area contributed by atoms with Crippen LogP contribution in [0.1, 0.15) is 20.8 Å². The van der Waals surface area contributed by atoms with E-state index >= 15 is 0 Å². The smallest absolute Gasteiger partial charge is 0.410 e. The molecule has 0 aromatic heterocycles. The third kappa shape index (κ3) is 3.69. The molecule has 16 heavy (non-hydrogen) atoms. The number of amides is 1. The average Bonchev–Trinajstić information content (AvgIpc) is 2.16. The molecule has 1 aliphatic rings. The fourth-order valence-electron chi connectivity index (χ4n) is 1.37. The molecule has 0 bridgehead atoms. The molecule has 6 heteroatoms. The maximum Gasteiger partial charge on any atom is 0.410 e. The first-order valence-electron chi connectivity index (χ1n) is 5.19. The lowest BCUT2D eigenvalue weighted by atomic mass is 10.2. The molecule has 1 unspecified atom stereocenters. The Bertz CT molecular complexity index is 272. The monoisotopic (exact) mass is 230 g/mol. The van der Waals surface area contributed by atoms with Gasteiger partial charge in [0, 0.05) is 6.54 Å². The number of carbonyl (C=O) groups excluding carboxylic acids is 1. The zero-order valence-electron chi connectivity index (χ0n) is 9.84. The van der Waals surface area contributed by atoms with E-state index < -0.39 is 11.7 Å². The number of oxime groups is 1. The third-order valence-corrected chi connectivity index (χ3v) is 2.03. The largest absolute Gasteiger partial charge is 0.444 e. The molecular formula is C10H18N2O4. The minimum absolute atomic E-state index is 0.323. The first-order valence-corrected chi connectivity index (χ1v) is 5.19. The molecule has 1 rings (SSSR count). The van der Waals surface area contributed by atoms with Gasteiger partial charge in [0.15, 0.2) is 0 Å². The van der Waals surface area contributed by atoms with Gasteiger partial charge < -0.3 is 14.7 Å². The van der Waals surface area contributed by atoms with Crippen LogP contribution < -0.4 is 0 Å². The van der Waals surface area contributed by atoms with Crippen LogP contribution >= 0.6 is 0 Å². The lowest BCUT2D eigenvalue weighted by Gasteiger charge is -2.34. The van der Waals surface area contributed by atoms with E-state index in [0.29, 0.717) is 19.8 Å². The highest BCUT2D eigenvalue weighted by molar-refractivity contribution is 5.75. The summed E-state index contributed by atoms with van der Waals surface area (Å²) in [6.07, 6.45) is 0.851. The predicted molar refractivity (Wildman–Crippen MR) is 57.8 cm³/mol. The summed E-state index contributed by atoms with van der Waals surface area (Å²) >= 11 is 0. The maximum atomic E-state index is 11.8. The Kier molecular flexibility index (Phi) is 4.12. The fourth-order valence-corrected chi connectivity index (χ4v) is 1.37. The summed E-state index contributed by atoms with van der Waals surface area (Å²) in [7, 11) is 0. The highest BCUT2D eigenvalue weighted by atomic mass is 16.6. The molecule has 0 saturated carbocycles. The van der Waals surface area contributed by atoms with Crippen molar-refractivity contribution in [1.29, 1.82) is 0 Å². The van der Waals surface area contributed by atoms with Gasteiger partial charge in [-0.2, -0.15) is 0 Å². The maximum absolute atomic E-state index is 11.8. The molecule has 0 aromatic rings. The first kappa shape index (κ1) is 12.8. The molecule has 0 spiro atoms. The number of hydrogen-bond donors (Lipinski definition) is 1. The van der Waals surface area contributed by atoms with Gasteiger partial charge in [0.05, 0.1) is 25.5 Å². The number of hydrogen-bond acceptors (Lipinski definition) is 5. The minimum Gasteiger partial charge on any atom is -0.444 e. The summed E-state index contributed by atoms with van der Waals surface area (Å²) in [6, 6.07) is -0.367. The van der Waals surface area contributed by atoms with Crippen molar-refractivity contribution in [2.45, 2.75) is 32.4 Å². The molecule has 1 heterocycles. The summed E-state index contributed by atoms with van der Waals surface area (Å²) < 4.78 is 10.4. The van der Waals surface area contributed by atoms with Crippen LogP contribution in [-0.2, 0) is 9.47 Å². The Morgan fingerprint density at radius 3 is 2.88 bits per heavy atom. The zero-order valence-corrected chi connectivity index (χ0v) is 9.84. The summed E-state index contributed by atoms with van der Waals surface area (Å²) in [5.74, 6) is 0. The second-order valence-electron chi connectivity index (χ2n) is 4.58. The van der Waals surface area contributed by atoms with Crippen molar-refractivity contribution in [3.05, 3.63) is 0 Å². The summed E-state index contributed by atoms with van der Waals surface area (Å²) in [5.41, 5.74) is -0.531. The molecule has 0 aromatic carbocycles. The van der Waals surface area contributed by atoms with Crippen LogP contribution in [0.5, 0.6) is 0 Å². The average molecular weight is 230 g/mol. The van der Waals surface area contributed by atoms with Gasteiger partial charge in [-0.3, -0.25) is 4.90 Å². The predicted octanol–water partition coefficient (Wildman–Crippen LogP) is 1.08. The fraction of sp³-hybridized carbons (Fsp3) is 0.800. The molecule has 1 aliphatic heterocycles. The van der Waals surface area contributed by atoms with Gasteiger partial charge in [-0.05, 0) is 20.8 Å². The van der Waals surface area contributed by atoms with E-state index in [1.807, 2.05) is 0 Å². The molecule has 1 saturated heterocycles. The van der Waals surface area contributed by atoms with Gasteiger partial charge in [-0.25, -0.2) is 4.79 Å². The quantitative estimate of drug-likeness (QED) is 0.415. The van der Waals surface area contributed by atoms with E-state index in [1.165, 1.54) is 11.1 Å². The standard InChI is InChI=1S/C10H18N2O4/c1-10(2,3)16-9(13)12-4-5-15-7-8(12)6-11-14/h6,8,14H,4-5,7H2,1-3H3. The van der Waals surface area contributed by atoms with E-state index in [1.54, 1.807) is 20.8 Å². The molecular weight excluding hydrogens is 212 g/mol. The van der Waals surface area contributed by atoms with Gasteiger partial charge in [-0.15, -0.1) is 0 Å². The number of morpholine rings is 1. The molecule has 6 nitrogen and oxygen atoms in total. The summed E-state index contributed by atoms with van der Waals surface area (Å²) in [6.45, 7) is 6.64. The Labute approximate surface area is 94.8 Å². The van der Waals surface area contributed by atoms with Crippen molar-refractivity contribution < 1.29 is 19.5 Å². The number of nitrogens with zero attached hydrogens (tertiary/aromatic N) is 2. The van der Waals surface area contributed by atoms with Crippen molar-refractivity contribution in [2.75, 3.05) is 19.8 Å². The molecule has 1 N–H and O–H groups in total. The first-order chi connectivity index (χ1) is 7.44. The van der Waals surface area contributed by atoms with Crippen molar-refractivity contribution in [2.24, 2.45) is 5.16 Å². The van der Waals surface area contributed by atoms with Gasteiger partial charge in [-0.1, -0.05) is 5.16 Å². The number of rotatable bonds is 1. The number of ether oxygens (including phenoxy) is 2. The number of carbonyl (C=O) groups is 1. The van der Waals surface area contributed by atoms with Gasteiger partial charge in [0.25, 0.3) is 0 Å². The highest BCUT2D eigenvalue weighted by Gasteiger charge is 2.30. The molecule has 92 valence electrons. The van der Waals surface area contributed by atoms with Crippen LogP contribution in [0.2, 0.25) is 0 Å². The normalized spacial score (nSPS) is 22.4. The van der Waals surface area contributed by atoms with Crippen LogP contribution in [0.15, 0.2) is 5.16 Å². The second-order valence-corrected chi connectivity index (χ2v) is 4.58. The van der Waals surface area contributed by atoms with E-state index in [-0.39, 0.29) is 6.04 Å². The molecule has 1 atom stereocenters. The summed E-state index contributed by atoms with van der Waals surface area (Å²) in [4.78, 5) is 13.3. The highest BCUT2D eigenvalue weighted by Crippen LogP contribution is 2.13. The molecule has 0 aliphatic carbocycles. The van der Waals surface area contributed by atoms with Crippen molar-refractivity contribution in [3.8, 4) is 0 Å². The van der Waals surface area contributed by atoms with Crippen LogP contribution in [0, 0.1) is 0 Å². The third-order valence-electron chi connectivity index (χ3n) is 2.03. The summed E-state index contributed by atoms with van der Waals surface area (Å²) in [5, 5.41) is 11.4. The van der Waals surface area contributed by atoms with Crippen molar-refractivity contribution >= 4 is 12.3 Å². The van der Waals surface area contributed by atoms with Crippen LogP contribution in [-0.4, -0.2) is 53.8 Å². The molecule has 1 amide bonds. The van der Waals surface area contributed by atoms with Crippen LogP contribution in [0.25, 0.3) is 0 Å². The Hall–Kier alpha value is -1.30. The lowest BCUT2D eigenvalue weighted by Crippen LogP contribution is -2.51. The van der Waals surface area contributed by atoms with Gasteiger partial charge in [0.2, 0.25) is 0 Å².